The molecule has 0 aliphatic rings. The second-order valence-corrected chi connectivity index (χ2v) is 2.42. The number of fused-ring (bicyclic) bond motifs is 1. The van der Waals surface area contributed by atoms with Gasteiger partial charge in [0.2, 0.25) is 0 Å². The first-order valence-corrected chi connectivity index (χ1v) is 3.60. The van der Waals surface area contributed by atoms with Crippen LogP contribution < -0.4 is 4.65 Å². The molecule has 1 heterocycles. The summed E-state index contributed by atoms with van der Waals surface area (Å²) < 4.78 is 4.86. The summed E-state index contributed by atoms with van der Waals surface area (Å²) in [4.78, 5) is 3.02. The fourth-order valence-corrected chi connectivity index (χ4v) is 1.20. The zero-order valence-corrected chi connectivity index (χ0v) is 6.32. The summed E-state index contributed by atoms with van der Waals surface area (Å²) in [5, 5.41) is 9.40. The first-order valence-electron chi connectivity index (χ1n) is 3.60. The third-order valence-corrected chi connectivity index (χ3v) is 1.73. The summed E-state index contributed by atoms with van der Waals surface area (Å²) >= 11 is 0. The Hall–Kier alpha value is -1.42. The summed E-state index contributed by atoms with van der Waals surface area (Å²) in [6, 6.07) is 7.72. The quantitative estimate of drug-likeness (QED) is 0.645. The number of nitrogens with one attached hydrogen (secondary N) is 1. The van der Waals surface area contributed by atoms with E-state index in [0.29, 0.717) is 13.4 Å². The molecule has 0 saturated heterocycles. The van der Waals surface area contributed by atoms with Crippen molar-refractivity contribution in [2.45, 2.75) is 0 Å². The van der Waals surface area contributed by atoms with Crippen molar-refractivity contribution in [1.82, 2.24) is 4.98 Å². The molecule has 0 atom stereocenters. The van der Waals surface area contributed by atoms with Gasteiger partial charge in [-0.15, -0.1) is 0 Å². The van der Waals surface area contributed by atoms with Crippen LogP contribution in [0.3, 0.4) is 0 Å². The monoisotopic (exact) mass is 160 g/mol. The zero-order valence-electron chi connectivity index (χ0n) is 6.32. The second-order valence-electron chi connectivity index (χ2n) is 2.42. The van der Waals surface area contributed by atoms with Gasteiger partial charge >= 0.3 is 7.69 Å². The minimum absolute atomic E-state index is 0.633. The highest BCUT2D eigenvalue weighted by atomic mass is 16.5. The molecule has 2 aromatic rings. The number of hydrogen-bond acceptors (Lipinski definition) is 2. The molecule has 0 spiro atoms. The van der Waals surface area contributed by atoms with Crippen LogP contribution in [0, 0.1) is 0 Å². The Morgan fingerprint density at radius 1 is 1.33 bits per heavy atom. The Labute approximate surface area is 70.3 Å². The Bertz CT molecular complexity index is 385. The summed E-state index contributed by atoms with van der Waals surface area (Å²) in [6.07, 6.45) is 1.71. The highest BCUT2D eigenvalue weighted by Gasteiger charge is 2.02. The largest absolute Gasteiger partial charge is 0.569 e. The van der Waals surface area contributed by atoms with Crippen molar-refractivity contribution in [2.75, 3.05) is 0 Å². The van der Waals surface area contributed by atoms with Crippen LogP contribution in [0.15, 0.2) is 30.5 Å². The predicted octanol–water partition coefficient (Wildman–Crippen LogP) is 1.07. The number of benzene rings is 1. The predicted molar refractivity (Wildman–Crippen MR) is 46.9 cm³/mol. The molecule has 0 fully saturated rings. The average molecular weight is 160 g/mol. The fourth-order valence-electron chi connectivity index (χ4n) is 1.20. The summed E-state index contributed by atoms with van der Waals surface area (Å²) in [5.41, 5.74) is 0.995. The van der Waals surface area contributed by atoms with E-state index in [4.69, 9.17) is 9.68 Å². The van der Waals surface area contributed by atoms with Crippen LogP contribution in [-0.4, -0.2) is 17.7 Å². The number of rotatable bonds is 2. The van der Waals surface area contributed by atoms with E-state index in [0.717, 1.165) is 10.9 Å². The topological polar surface area (TPSA) is 45.2 Å². The minimum atomic E-state index is 0.633. The van der Waals surface area contributed by atoms with E-state index < -0.39 is 0 Å². The van der Waals surface area contributed by atoms with Gasteiger partial charge in [-0.3, -0.25) is 0 Å². The highest BCUT2D eigenvalue weighted by molar-refractivity contribution is 6.18. The van der Waals surface area contributed by atoms with Crippen LogP contribution in [0.1, 0.15) is 0 Å². The van der Waals surface area contributed by atoms with E-state index in [1.807, 2.05) is 24.3 Å². The lowest BCUT2D eigenvalue weighted by atomic mass is 10.2. The van der Waals surface area contributed by atoms with Crippen molar-refractivity contribution in [3.8, 4) is 5.75 Å². The van der Waals surface area contributed by atoms with Crippen LogP contribution >= 0.6 is 0 Å². The van der Waals surface area contributed by atoms with E-state index in [1.165, 1.54) is 0 Å². The normalized spacial score (nSPS) is 10.1. The number of aromatic nitrogens is 1. The van der Waals surface area contributed by atoms with Gasteiger partial charge in [-0.05, 0) is 12.1 Å². The molecule has 4 heteroatoms. The van der Waals surface area contributed by atoms with Crippen LogP contribution in [0.2, 0.25) is 0 Å². The van der Waals surface area contributed by atoms with Gasteiger partial charge in [0.15, 0.2) is 0 Å². The second kappa shape index (κ2) is 2.91. The Balaban J connectivity index is 2.55. The Morgan fingerprint density at radius 3 is 3.00 bits per heavy atom. The SMILES string of the molecule is O[B]Oc1c[nH]c2ccccc12. The van der Waals surface area contributed by atoms with Crippen molar-refractivity contribution < 1.29 is 9.68 Å². The molecule has 2 N–H and O–H groups in total. The van der Waals surface area contributed by atoms with Crippen LogP contribution in [0.5, 0.6) is 5.75 Å². The van der Waals surface area contributed by atoms with E-state index in [2.05, 4.69) is 4.98 Å². The standard InChI is InChI=1S/C8H7BNO2/c11-9-12-8-5-10-7-4-2-1-3-6(7)8/h1-5,10-11H. The zero-order chi connectivity index (χ0) is 8.39. The van der Waals surface area contributed by atoms with E-state index in [-0.39, 0.29) is 0 Å². The number of para-hydroxylation sites is 1. The molecular weight excluding hydrogens is 153 g/mol. The van der Waals surface area contributed by atoms with Crippen molar-refractivity contribution in [3.63, 3.8) is 0 Å². The molecule has 0 aliphatic carbocycles. The highest BCUT2D eigenvalue weighted by Crippen LogP contribution is 2.23. The lowest BCUT2D eigenvalue weighted by molar-refractivity contribution is 0.456. The molecule has 0 saturated carbocycles. The van der Waals surface area contributed by atoms with Crippen molar-refractivity contribution in [2.24, 2.45) is 0 Å². The smallest absolute Gasteiger partial charge is 0.536 e. The van der Waals surface area contributed by atoms with Gasteiger partial charge in [0.1, 0.15) is 5.75 Å². The summed E-state index contributed by atoms with van der Waals surface area (Å²) in [7, 11) is 0.676. The Morgan fingerprint density at radius 2 is 2.17 bits per heavy atom. The number of hydrogen-bond donors (Lipinski definition) is 2. The molecule has 1 aromatic carbocycles. The van der Waals surface area contributed by atoms with Crippen molar-refractivity contribution in [1.29, 1.82) is 0 Å². The molecule has 1 radical (unpaired) electrons. The van der Waals surface area contributed by atoms with Gasteiger partial charge in [0, 0.05) is 17.1 Å². The van der Waals surface area contributed by atoms with Crippen LogP contribution in [0.4, 0.5) is 0 Å². The molecule has 0 bridgehead atoms. The molecule has 2 rings (SSSR count). The third-order valence-electron chi connectivity index (χ3n) is 1.73. The molecule has 12 heavy (non-hydrogen) atoms. The Kier molecular flexibility index (Phi) is 1.76. The van der Waals surface area contributed by atoms with Gasteiger partial charge in [0.25, 0.3) is 0 Å². The summed E-state index contributed by atoms with van der Waals surface area (Å²) in [5.74, 6) is 0.633. The van der Waals surface area contributed by atoms with Crippen molar-refractivity contribution in [3.05, 3.63) is 30.5 Å². The lowest BCUT2D eigenvalue weighted by Crippen LogP contribution is -1.98. The fraction of sp³-hybridized carbons (Fsp3) is 0. The van der Waals surface area contributed by atoms with E-state index >= 15 is 0 Å². The lowest BCUT2D eigenvalue weighted by Gasteiger charge is -1.96. The summed E-state index contributed by atoms with van der Waals surface area (Å²) in [6.45, 7) is 0. The first kappa shape index (κ1) is 7.25. The molecule has 0 amide bonds. The van der Waals surface area contributed by atoms with Gasteiger partial charge in [-0.25, -0.2) is 0 Å². The van der Waals surface area contributed by atoms with Crippen molar-refractivity contribution >= 4 is 18.6 Å². The maximum Gasteiger partial charge on any atom is 0.569 e. The molecule has 0 aliphatic heterocycles. The van der Waals surface area contributed by atoms with Gasteiger partial charge < -0.3 is 14.7 Å². The van der Waals surface area contributed by atoms with Gasteiger partial charge in [-0.1, -0.05) is 12.1 Å². The maximum absolute atomic E-state index is 8.44. The third kappa shape index (κ3) is 1.06. The van der Waals surface area contributed by atoms with Crippen LogP contribution in [-0.2, 0) is 0 Å². The minimum Gasteiger partial charge on any atom is -0.536 e. The number of aromatic amines is 1. The van der Waals surface area contributed by atoms with E-state index in [1.54, 1.807) is 6.20 Å². The molecular formula is C8H7BNO2. The average Bonchev–Trinajstić information content (AvgIpc) is 2.50. The molecule has 59 valence electrons. The molecule has 3 nitrogen and oxygen atoms in total. The van der Waals surface area contributed by atoms with Gasteiger partial charge in [0.05, 0.1) is 0 Å². The molecule has 1 aromatic heterocycles. The number of H-pyrrole nitrogens is 1. The first-order chi connectivity index (χ1) is 5.92. The van der Waals surface area contributed by atoms with Gasteiger partial charge in [-0.2, -0.15) is 0 Å². The van der Waals surface area contributed by atoms with Crippen LogP contribution in [0.25, 0.3) is 10.9 Å². The molecule has 0 unspecified atom stereocenters. The van der Waals surface area contributed by atoms with E-state index in [9.17, 15) is 0 Å². The maximum atomic E-state index is 8.44.